The first-order valence-electron chi connectivity index (χ1n) is 8.44. The van der Waals surface area contributed by atoms with E-state index < -0.39 is 6.04 Å². The molecule has 0 fully saturated rings. The van der Waals surface area contributed by atoms with E-state index in [1.165, 1.54) is 5.56 Å². The van der Waals surface area contributed by atoms with Crippen molar-refractivity contribution in [2.45, 2.75) is 23.1 Å². The largest absolute Gasteiger partial charge is 0.325 e. The topological polar surface area (TPSA) is 68.0 Å². The van der Waals surface area contributed by atoms with Gasteiger partial charge in [-0.25, -0.2) is 0 Å². The number of nitrogens with zero attached hydrogens (tertiary/aromatic N) is 1. The van der Waals surface area contributed by atoms with Crippen molar-refractivity contribution in [3.8, 4) is 0 Å². The van der Waals surface area contributed by atoms with Crippen molar-refractivity contribution in [2.24, 2.45) is 5.73 Å². The van der Waals surface area contributed by atoms with Crippen molar-refractivity contribution in [3.63, 3.8) is 0 Å². The lowest BCUT2D eigenvalue weighted by Gasteiger charge is -2.12. The van der Waals surface area contributed by atoms with E-state index in [-0.39, 0.29) is 18.3 Å². The van der Waals surface area contributed by atoms with Gasteiger partial charge in [0.05, 0.1) is 6.04 Å². The van der Waals surface area contributed by atoms with Crippen LogP contribution >= 0.6 is 24.2 Å². The molecule has 0 saturated heterocycles. The van der Waals surface area contributed by atoms with Gasteiger partial charge in [0.25, 0.3) is 0 Å². The number of carbonyl (C=O) groups excluding carboxylic acids is 1. The Labute approximate surface area is 170 Å². The molecule has 140 valence electrons. The molecule has 0 spiro atoms. The molecule has 6 heteroatoms. The molecule has 1 amide bonds. The highest BCUT2D eigenvalue weighted by Gasteiger charge is 2.14. The SMILES string of the molecule is Cl.NC(Cc1ccccn1)C(=O)Nc1ccc(SCc2ccccc2)cc1. The Morgan fingerprint density at radius 2 is 1.70 bits per heavy atom. The van der Waals surface area contributed by atoms with Crippen LogP contribution in [0.25, 0.3) is 0 Å². The van der Waals surface area contributed by atoms with Gasteiger partial charge < -0.3 is 11.1 Å². The van der Waals surface area contributed by atoms with Crippen molar-refractivity contribution in [2.75, 3.05) is 5.32 Å². The third-order valence-corrected chi connectivity index (χ3v) is 4.95. The normalized spacial score (nSPS) is 11.3. The molecule has 2 aromatic carbocycles. The third-order valence-electron chi connectivity index (χ3n) is 3.86. The molecule has 1 unspecified atom stereocenters. The van der Waals surface area contributed by atoms with Gasteiger partial charge in [0, 0.05) is 34.6 Å². The third kappa shape index (κ3) is 6.71. The van der Waals surface area contributed by atoms with E-state index in [9.17, 15) is 4.79 Å². The Hall–Kier alpha value is -2.34. The first-order valence-corrected chi connectivity index (χ1v) is 9.42. The number of nitrogens with two attached hydrogens (primary N) is 1. The molecule has 0 bridgehead atoms. The summed E-state index contributed by atoms with van der Waals surface area (Å²) in [5, 5.41) is 2.86. The van der Waals surface area contributed by atoms with Crippen molar-refractivity contribution in [3.05, 3.63) is 90.3 Å². The molecular formula is C21H22ClN3OS. The van der Waals surface area contributed by atoms with Gasteiger partial charge in [-0.2, -0.15) is 0 Å². The Balaban J connectivity index is 0.00000261. The Bertz CT molecular complexity index is 829. The monoisotopic (exact) mass is 399 g/mol. The minimum atomic E-state index is -0.628. The van der Waals surface area contributed by atoms with Gasteiger partial charge in [0.15, 0.2) is 0 Å². The van der Waals surface area contributed by atoms with Gasteiger partial charge in [-0.3, -0.25) is 9.78 Å². The van der Waals surface area contributed by atoms with Gasteiger partial charge >= 0.3 is 0 Å². The molecule has 3 aromatic rings. The summed E-state index contributed by atoms with van der Waals surface area (Å²) < 4.78 is 0. The van der Waals surface area contributed by atoms with Gasteiger partial charge in [-0.1, -0.05) is 36.4 Å². The molecule has 4 nitrogen and oxygen atoms in total. The zero-order valence-electron chi connectivity index (χ0n) is 14.7. The summed E-state index contributed by atoms with van der Waals surface area (Å²) in [6.45, 7) is 0. The molecule has 3 rings (SSSR count). The van der Waals surface area contributed by atoms with Crippen LogP contribution in [0.15, 0.2) is 83.9 Å². The first-order chi connectivity index (χ1) is 12.7. The fraction of sp³-hybridized carbons (Fsp3) is 0.143. The second-order valence-electron chi connectivity index (χ2n) is 5.92. The summed E-state index contributed by atoms with van der Waals surface area (Å²) in [5.74, 6) is 0.710. The lowest BCUT2D eigenvalue weighted by Crippen LogP contribution is -2.37. The zero-order chi connectivity index (χ0) is 18.2. The zero-order valence-corrected chi connectivity index (χ0v) is 16.4. The number of carbonyl (C=O) groups is 1. The molecule has 0 aliphatic rings. The molecule has 27 heavy (non-hydrogen) atoms. The molecule has 1 atom stereocenters. The van der Waals surface area contributed by atoms with Crippen LogP contribution in [0.3, 0.4) is 0 Å². The fourth-order valence-corrected chi connectivity index (χ4v) is 3.30. The smallest absolute Gasteiger partial charge is 0.241 e. The van der Waals surface area contributed by atoms with Crippen LogP contribution in [0, 0.1) is 0 Å². The van der Waals surface area contributed by atoms with Crippen LogP contribution in [0.5, 0.6) is 0 Å². The first kappa shape index (κ1) is 21.0. The quantitative estimate of drug-likeness (QED) is 0.581. The molecule has 0 aliphatic heterocycles. The van der Waals surface area contributed by atoms with Crippen LogP contribution in [0.1, 0.15) is 11.3 Å². The maximum absolute atomic E-state index is 12.2. The Kier molecular flexibility index (Phi) is 8.33. The second-order valence-corrected chi connectivity index (χ2v) is 6.97. The molecule has 0 saturated carbocycles. The van der Waals surface area contributed by atoms with Crippen molar-refractivity contribution in [1.29, 1.82) is 0 Å². The molecule has 1 heterocycles. The van der Waals surface area contributed by atoms with E-state index in [0.29, 0.717) is 6.42 Å². The van der Waals surface area contributed by atoms with Crippen LogP contribution < -0.4 is 11.1 Å². The average Bonchev–Trinajstić information content (AvgIpc) is 2.69. The predicted molar refractivity (Wildman–Crippen MR) is 114 cm³/mol. The number of thioether (sulfide) groups is 1. The van der Waals surface area contributed by atoms with E-state index in [2.05, 4.69) is 22.4 Å². The number of halogens is 1. The van der Waals surface area contributed by atoms with E-state index in [1.54, 1.807) is 18.0 Å². The summed E-state index contributed by atoms with van der Waals surface area (Å²) >= 11 is 1.76. The number of benzene rings is 2. The van der Waals surface area contributed by atoms with Crippen molar-refractivity contribution >= 4 is 35.8 Å². The van der Waals surface area contributed by atoms with E-state index in [1.807, 2.05) is 60.7 Å². The lowest BCUT2D eigenvalue weighted by atomic mass is 10.1. The van der Waals surface area contributed by atoms with Gasteiger partial charge in [-0.05, 0) is 42.0 Å². The number of nitrogens with one attached hydrogen (secondary N) is 1. The standard InChI is InChI=1S/C21H21N3OS.ClH/c22-20(14-18-8-4-5-13-23-18)21(25)24-17-9-11-19(12-10-17)26-15-16-6-2-1-3-7-16;/h1-13,20H,14-15,22H2,(H,24,25);1H. The minimum Gasteiger partial charge on any atom is -0.325 e. The van der Waals surface area contributed by atoms with Crippen molar-refractivity contribution in [1.82, 2.24) is 4.98 Å². The van der Waals surface area contributed by atoms with E-state index in [4.69, 9.17) is 5.73 Å². The van der Waals surface area contributed by atoms with E-state index in [0.717, 1.165) is 22.0 Å². The maximum Gasteiger partial charge on any atom is 0.241 e. The van der Waals surface area contributed by atoms with Crippen molar-refractivity contribution < 1.29 is 4.79 Å². The highest BCUT2D eigenvalue weighted by Crippen LogP contribution is 2.24. The summed E-state index contributed by atoms with van der Waals surface area (Å²) in [7, 11) is 0. The molecule has 3 N–H and O–H groups in total. The molecule has 0 aliphatic carbocycles. The molecule has 0 radical (unpaired) electrons. The summed E-state index contributed by atoms with van der Waals surface area (Å²) in [4.78, 5) is 17.6. The Morgan fingerprint density at radius 1 is 1.00 bits per heavy atom. The maximum atomic E-state index is 12.2. The average molecular weight is 400 g/mol. The summed E-state index contributed by atoms with van der Waals surface area (Å²) in [5.41, 5.74) is 8.82. The minimum absolute atomic E-state index is 0. The number of hydrogen-bond acceptors (Lipinski definition) is 4. The van der Waals surface area contributed by atoms with Crippen LogP contribution in [0.4, 0.5) is 5.69 Å². The number of hydrogen-bond donors (Lipinski definition) is 2. The lowest BCUT2D eigenvalue weighted by molar-refractivity contribution is -0.117. The highest BCUT2D eigenvalue weighted by atomic mass is 35.5. The number of pyridine rings is 1. The van der Waals surface area contributed by atoms with Gasteiger partial charge in [-0.15, -0.1) is 24.2 Å². The predicted octanol–water partition coefficient (Wildman–Crippen LogP) is 4.30. The van der Waals surface area contributed by atoms with Gasteiger partial charge in [0.2, 0.25) is 5.91 Å². The van der Waals surface area contributed by atoms with Crippen LogP contribution in [-0.2, 0) is 17.0 Å². The second kappa shape index (κ2) is 10.7. The van der Waals surface area contributed by atoms with E-state index >= 15 is 0 Å². The van der Waals surface area contributed by atoms with Crippen LogP contribution in [0.2, 0.25) is 0 Å². The molecular weight excluding hydrogens is 378 g/mol. The number of rotatable bonds is 7. The highest BCUT2D eigenvalue weighted by molar-refractivity contribution is 7.98. The number of amides is 1. The number of anilines is 1. The Morgan fingerprint density at radius 3 is 2.37 bits per heavy atom. The van der Waals surface area contributed by atoms with Gasteiger partial charge in [0.1, 0.15) is 0 Å². The summed E-state index contributed by atoms with van der Waals surface area (Å²) in [6, 6.07) is 23.1. The summed E-state index contributed by atoms with van der Waals surface area (Å²) in [6.07, 6.45) is 2.11. The fourth-order valence-electron chi connectivity index (χ4n) is 2.45. The van der Waals surface area contributed by atoms with Crippen LogP contribution in [-0.4, -0.2) is 16.9 Å². The molecule has 1 aromatic heterocycles. The number of aromatic nitrogens is 1.